The third-order valence-electron chi connectivity index (χ3n) is 3.74. The maximum Gasteiger partial charge on any atom is 0.249 e. The molecule has 2 N–H and O–H groups in total. The van der Waals surface area contributed by atoms with Gasteiger partial charge in [-0.25, -0.2) is 0 Å². The Morgan fingerprint density at radius 3 is 1.58 bits per heavy atom. The van der Waals surface area contributed by atoms with E-state index in [0.29, 0.717) is 16.8 Å². The van der Waals surface area contributed by atoms with Crippen LogP contribution in [0.3, 0.4) is 0 Å². The summed E-state index contributed by atoms with van der Waals surface area (Å²) in [6.07, 6.45) is 0. The van der Waals surface area contributed by atoms with E-state index in [9.17, 15) is 4.79 Å². The molecule has 3 nitrogen and oxygen atoms in total. The Morgan fingerprint density at radius 1 is 0.708 bits per heavy atom. The van der Waals surface area contributed by atoms with Gasteiger partial charge in [-0.15, -0.1) is 0 Å². The largest absolute Gasteiger partial charge is 0.366 e. The number of amides is 1. The Labute approximate surface area is 141 Å². The minimum absolute atomic E-state index is 0.395. The Morgan fingerprint density at radius 2 is 1.12 bits per heavy atom. The smallest absolute Gasteiger partial charge is 0.249 e. The number of nitrogens with two attached hydrogens (primary N) is 1. The Kier molecular flexibility index (Phi) is 4.43. The van der Waals surface area contributed by atoms with Gasteiger partial charge in [-0.05, 0) is 36.9 Å². The molecule has 3 aromatic carbocycles. The van der Waals surface area contributed by atoms with Crippen molar-refractivity contribution in [3.05, 3.63) is 103 Å². The zero-order valence-corrected chi connectivity index (χ0v) is 13.1. The van der Waals surface area contributed by atoms with Crippen LogP contribution >= 0.6 is 0 Å². The van der Waals surface area contributed by atoms with Crippen molar-refractivity contribution < 1.29 is 4.79 Å². The number of rotatable bonds is 5. The van der Waals surface area contributed by atoms with Crippen molar-refractivity contribution in [2.75, 3.05) is 4.90 Å². The molecular weight excluding hydrogens is 296 g/mol. The predicted octanol–water partition coefficient (Wildman–Crippen LogP) is 4.40. The first kappa shape index (κ1) is 15.6. The van der Waals surface area contributed by atoms with Gasteiger partial charge in [-0.1, -0.05) is 54.6 Å². The summed E-state index contributed by atoms with van der Waals surface area (Å²) >= 11 is 0. The van der Waals surface area contributed by atoms with Crippen molar-refractivity contribution in [3.8, 4) is 0 Å². The third kappa shape index (κ3) is 3.06. The number of para-hydroxylation sites is 2. The van der Waals surface area contributed by atoms with Gasteiger partial charge in [0, 0.05) is 22.5 Å². The molecule has 0 heterocycles. The lowest BCUT2D eigenvalue weighted by molar-refractivity contribution is 0.1000. The summed E-state index contributed by atoms with van der Waals surface area (Å²) in [6, 6.07) is 26.6. The van der Waals surface area contributed by atoms with Gasteiger partial charge in [0.1, 0.15) is 0 Å². The Balaban J connectivity index is 2.14. The fourth-order valence-electron chi connectivity index (χ4n) is 2.62. The minimum atomic E-state index is -0.505. The molecular formula is C21H17N2O. The van der Waals surface area contributed by atoms with Crippen molar-refractivity contribution in [2.45, 2.75) is 0 Å². The highest BCUT2D eigenvalue weighted by molar-refractivity contribution is 6.00. The number of hydrogen-bond acceptors (Lipinski definition) is 2. The highest BCUT2D eigenvalue weighted by atomic mass is 16.1. The molecule has 0 saturated carbocycles. The summed E-state index contributed by atoms with van der Waals surface area (Å²) < 4.78 is 0. The molecule has 117 valence electrons. The maximum absolute atomic E-state index is 11.8. The van der Waals surface area contributed by atoms with Gasteiger partial charge in [-0.2, -0.15) is 0 Å². The van der Waals surface area contributed by atoms with Crippen LogP contribution in [0.25, 0.3) is 5.70 Å². The molecule has 0 aliphatic carbocycles. The third-order valence-corrected chi connectivity index (χ3v) is 3.74. The van der Waals surface area contributed by atoms with E-state index in [-0.39, 0.29) is 0 Å². The molecule has 0 fully saturated rings. The second kappa shape index (κ2) is 6.84. The molecule has 1 radical (unpaired) electrons. The van der Waals surface area contributed by atoms with Crippen LogP contribution in [-0.2, 0) is 0 Å². The van der Waals surface area contributed by atoms with Crippen molar-refractivity contribution in [1.29, 1.82) is 0 Å². The van der Waals surface area contributed by atoms with E-state index in [1.807, 2.05) is 71.6 Å². The molecule has 0 aromatic heterocycles. The molecule has 0 aliphatic rings. The van der Waals surface area contributed by atoms with Gasteiger partial charge >= 0.3 is 0 Å². The lowest BCUT2D eigenvalue weighted by atomic mass is 10.0. The van der Waals surface area contributed by atoms with E-state index in [0.717, 1.165) is 11.4 Å². The molecule has 0 unspecified atom stereocenters. The normalized spacial score (nSPS) is 10.2. The SMILES string of the molecule is [CH]=C(c1ccccc1C(N)=O)N(c1ccccc1)c1ccccc1. The van der Waals surface area contributed by atoms with E-state index in [1.165, 1.54) is 0 Å². The number of hydrogen-bond donors (Lipinski definition) is 1. The van der Waals surface area contributed by atoms with E-state index in [4.69, 9.17) is 12.3 Å². The molecule has 3 aromatic rings. The first-order valence-electron chi connectivity index (χ1n) is 7.60. The molecule has 3 rings (SSSR count). The van der Waals surface area contributed by atoms with Crippen LogP contribution < -0.4 is 10.6 Å². The first-order chi connectivity index (χ1) is 11.7. The van der Waals surface area contributed by atoms with Gasteiger partial charge in [0.25, 0.3) is 0 Å². The van der Waals surface area contributed by atoms with Crippen molar-refractivity contribution in [2.24, 2.45) is 5.73 Å². The molecule has 0 atom stereocenters. The van der Waals surface area contributed by atoms with Crippen LogP contribution in [0.15, 0.2) is 84.9 Å². The Hall–Kier alpha value is -3.33. The van der Waals surface area contributed by atoms with Crippen LogP contribution in [0.4, 0.5) is 11.4 Å². The summed E-state index contributed by atoms with van der Waals surface area (Å²) in [7, 11) is 0. The van der Waals surface area contributed by atoms with Crippen LogP contribution in [0.2, 0.25) is 0 Å². The second-order valence-electron chi connectivity index (χ2n) is 5.30. The second-order valence-corrected chi connectivity index (χ2v) is 5.30. The van der Waals surface area contributed by atoms with Gasteiger partial charge in [0.15, 0.2) is 0 Å². The van der Waals surface area contributed by atoms with E-state index in [2.05, 4.69) is 0 Å². The average Bonchev–Trinajstić information content (AvgIpc) is 2.63. The van der Waals surface area contributed by atoms with Crippen LogP contribution in [0, 0.1) is 6.58 Å². The van der Waals surface area contributed by atoms with Crippen molar-refractivity contribution in [1.82, 2.24) is 0 Å². The monoisotopic (exact) mass is 313 g/mol. The lowest BCUT2D eigenvalue weighted by Crippen LogP contribution is -2.19. The number of carbonyl (C=O) groups is 1. The van der Waals surface area contributed by atoms with Crippen LogP contribution in [0.5, 0.6) is 0 Å². The number of benzene rings is 3. The van der Waals surface area contributed by atoms with Gasteiger partial charge < -0.3 is 10.6 Å². The van der Waals surface area contributed by atoms with Crippen LogP contribution in [0.1, 0.15) is 15.9 Å². The summed E-state index contributed by atoms with van der Waals surface area (Å²) in [5, 5.41) is 0. The summed E-state index contributed by atoms with van der Waals surface area (Å²) in [4.78, 5) is 13.7. The average molecular weight is 313 g/mol. The Bertz CT molecular complexity index is 818. The zero-order valence-electron chi connectivity index (χ0n) is 13.1. The standard InChI is InChI=1S/C21H17N2O/c1-16(19-14-8-9-15-20(19)21(22)24)23(17-10-4-2-5-11-17)18-12-6-3-7-13-18/h1-15H,(H2,22,24). The van der Waals surface area contributed by atoms with E-state index < -0.39 is 5.91 Å². The summed E-state index contributed by atoms with van der Waals surface area (Å²) in [5.74, 6) is -0.505. The predicted molar refractivity (Wildman–Crippen MR) is 97.7 cm³/mol. The summed E-state index contributed by atoms with van der Waals surface area (Å²) in [5.41, 5.74) is 8.76. The fourth-order valence-corrected chi connectivity index (χ4v) is 2.62. The van der Waals surface area contributed by atoms with E-state index >= 15 is 0 Å². The van der Waals surface area contributed by atoms with E-state index in [1.54, 1.807) is 18.2 Å². The number of carbonyl (C=O) groups excluding carboxylic acids is 1. The molecule has 0 saturated heterocycles. The zero-order chi connectivity index (χ0) is 16.9. The molecule has 24 heavy (non-hydrogen) atoms. The number of nitrogens with zero attached hydrogens (tertiary/aromatic N) is 1. The molecule has 1 amide bonds. The van der Waals surface area contributed by atoms with Gasteiger partial charge in [0.05, 0.1) is 5.70 Å². The molecule has 0 spiro atoms. The first-order valence-corrected chi connectivity index (χ1v) is 7.60. The highest BCUT2D eigenvalue weighted by Gasteiger charge is 2.18. The molecule has 3 heteroatoms. The maximum atomic E-state index is 11.8. The molecule has 0 bridgehead atoms. The highest BCUT2D eigenvalue weighted by Crippen LogP contribution is 2.34. The van der Waals surface area contributed by atoms with Gasteiger partial charge in [-0.3, -0.25) is 4.79 Å². The molecule has 0 aliphatic heterocycles. The van der Waals surface area contributed by atoms with Crippen LogP contribution in [-0.4, -0.2) is 5.91 Å². The topological polar surface area (TPSA) is 46.3 Å². The number of anilines is 2. The fraction of sp³-hybridized carbons (Fsp3) is 0. The quantitative estimate of drug-likeness (QED) is 0.759. The minimum Gasteiger partial charge on any atom is -0.366 e. The van der Waals surface area contributed by atoms with Gasteiger partial charge in [0.2, 0.25) is 5.91 Å². The summed E-state index contributed by atoms with van der Waals surface area (Å²) in [6.45, 7) is 6.48. The lowest BCUT2D eigenvalue weighted by Gasteiger charge is -2.28. The van der Waals surface area contributed by atoms with Crippen molar-refractivity contribution >= 4 is 23.0 Å². The van der Waals surface area contributed by atoms with Crippen molar-refractivity contribution in [3.63, 3.8) is 0 Å². The number of primary amides is 1.